The largest absolute Gasteiger partial charge is 0.350 e. The summed E-state index contributed by atoms with van der Waals surface area (Å²) in [7, 11) is 0. The van der Waals surface area contributed by atoms with Gasteiger partial charge in [0.05, 0.1) is 6.20 Å². The molecule has 15 heavy (non-hydrogen) atoms. The molecule has 1 amide bonds. The van der Waals surface area contributed by atoms with E-state index < -0.39 is 0 Å². The quantitative estimate of drug-likeness (QED) is 0.770. The molecular weight excluding hydrogens is 260 g/mol. The van der Waals surface area contributed by atoms with Crippen LogP contribution < -0.4 is 5.32 Å². The van der Waals surface area contributed by atoms with Crippen LogP contribution in [0.3, 0.4) is 0 Å². The third-order valence-corrected chi connectivity index (χ3v) is 2.75. The number of hydrogen-bond donors (Lipinski definition) is 2. The smallest absolute Gasteiger partial charge is 0.273 e. The molecule has 2 N–H and O–H groups in total. The highest BCUT2D eigenvalue weighted by Gasteiger charge is 2.11. The van der Waals surface area contributed by atoms with E-state index in [2.05, 4.69) is 43.6 Å². The molecule has 1 rings (SSSR count). The molecule has 1 aromatic heterocycles. The Bertz CT molecular complexity index is 288. The molecule has 0 aliphatic carbocycles. The third-order valence-electron chi connectivity index (χ3n) is 2.29. The SMILES string of the molecule is CCC(CCBr)CNC(=O)c1cn[nH]n1. The lowest BCUT2D eigenvalue weighted by Crippen LogP contribution is -2.29. The predicted molar refractivity (Wildman–Crippen MR) is 60.9 cm³/mol. The van der Waals surface area contributed by atoms with Crippen molar-refractivity contribution in [2.24, 2.45) is 5.92 Å². The Morgan fingerprint density at radius 3 is 3.07 bits per heavy atom. The van der Waals surface area contributed by atoms with Crippen LogP contribution in [0.2, 0.25) is 0 Å². The number of rotatable bonds is 6. The fraction of sp³-hybridized carbons (Fsp3) is 0.667. The zero-order valence-electron chi connectivity index (χ0n) is 8.66. The second-order valence-electron chi connectivity index (χ2n) is 3.32. The summed E-state index contributed by atoms with van der Waals surface area (Å²) in [4.78, 5) is 11.5. The van der Waals surface area contributed by atoms with Crippen molar-refractivity contribution in [2.75, 3.05) is 11.9 Å². The number of carbonyl (C=O) groups is 1. The molecule has 6 heteroatoms. The van der Waals surface area contributed by atoms with Crippen molar-refractivity contribution in [3.8, 4) is 0 Å². The van der Waals surface area contributed by atoms with Gasteiger partial charge in [-0.3, -0.25) is 4.79 Å². The number of alkyl halides is 1. The summed E-state index contributed by atoms with van der Waals surface area (Å²) in [5.74, 6) is 0.344. The lowest BCUT2D eigenvalue weighted by Gasteiger charge is -2.13. The van der Waals surface area contributed by atoms with E-state index in [9.17, 15) is 4.79 Å². The molecule has 0 radical (unpaired) electrons. The van der Waals surface area contributed by atoms with Crippen molar-refractivity contribution in [2.45, 2.75) is 19.8 Å². The Labute approximate surface area is 97.2 Å². The van der Waals surface area contributed by atoms with E-state index in [4.69, 9.17) is 0 Å². The van der Waals surface area contributed by atoms with E-state index >= 15 is 0 Å². The standard InChI is InChI=1S/C9H15BrN4O/c1-2-7(3-4-10)5-11-9(15)8-6-12-14-13-8/h6-7H,2-5H2,1H3,(H,11,15)(H,12,13,14). The van der Waals surface area contributed by atoms with Gasteiger partial charge in [0.15, 0.2) is 5.69 Å². The van der Waals surface area contributed by atoms with Gasteiger partial charge in [0.2, 0.25) is 0 Å². The minimum absolute atomic E-state index is 0.170. The Morgan fingerprint density at radius 2 is 2.53 bits per heavy atom. The maximum atomic E-state index is 11.5. The van der Waals surface area contributed by atoms with Crippen LogP contribution in [0, 0.1) is 5.92 Å². The lowest BCUT2D eigenvalue weighted by molar-refractivity contribution is 0.0941. The lowest BCUT2D eigenvalue weighted by atomic mass is 10.0. The minimum atomic E-state index is -0.170. The Morgan fingerprint density at radius 1 is 1.73 bits per heavy atom. The van der Waals surface area contributed by atoms with Gasteiger partial charge in [-0.2, -0.15) is 15.4 Å². The van der Waals surface area contributed by atoms with E-state index in [-0.39, 0.29) is 5.91 Å². The molecule has 0 spiro atoms. The van der Waals surface area contributed by atoms with Gasteiger partial charge < -0.3 is 5.32 Å². The second-order valence-corrected chi connectivity index (χ2v) is 4.11. The van der Waals surface area contributed by atoms with Crippen LogP contribution in [0.4, 0.5) is 0 Å². The average Bonchev–Trinajstić information content (AvgIpc) is 2.77. The maximum absolute atomic E-state index is 11.5. The highest BCUT2D eigenvalue weighted by atomic mass is 79.9. The fourth-order valence-corrected chi connectivity index (χ4v) is 1.89. The summed E-state index contributed by atoms with van der Waals surface area (Å²) >= 11 is 3.40. The summed E-state index contributed by atoms with van der Waals surface area (Å²) < 4.78 is 0. The molecule has 0 saturated carbocycles. The zero-order valence-corrected chi connectivity index (χ0v) is 10.2. The number of aromatic amines is 1. The van der Waals surface area contributed by atoms with Gasteiger partial charge in [-0.05, 0) is 12.3 Å². The van der Waals surface area contributed by atoms with Crippen LogP contribution >= 0.6 is 15.9 Å². The molecule has 1 heterocycles. The van der Waals surface area contributed by atoms with Crippen LogP contribution in [0.25, 0.3) is 0 Å². The topological polar surface area (TPSA) is 70.7 Å². The van der Waals surface area contributed by atoms with E-state index in [1.807, 2.05) is 0 Å². The van der Waals surface area contributed by atoms with Crippen molar-refractivity contribution in [1.29, 1.82) is 0 Å². The first-order valence-electron chi connectivity index (χ1n) is 4.97. The number of aromatic nitrogens is 3. The molecule has 0 fully saturated rings. The molecule has 0 aromatic carbocycles. The summed E-state index contributed by atoms with van der Waals surface area (Å²) in [5, 5.41) is 13.5. The molecule has 84 valence electrons. The number of carbonyl (C=O) groups excluding carboxylic acids is 1. The molecule has 1 atom stereocenters. The van der Waals surface area contributed by atoms with Gasteiger partial charge in [-0.15, -0.1) is 0 Å². The van der Waals surface area contributed by atoms with Crippen LogP contribution in [0.15, 0.2) is 6.20 Å². The third kappa shape index (κ3) is 3.99. The molecule has 0 saturated heterocycles. The van der Waals surface area contributed by atoms with E-state index in [1.165, 1.54) is 6.20 Å². The molecular formula is C9H15BrN4O. The summed E-state index contributed by atoms with van der Waals surface area (Å²) in [6.45, 7) is 2.81. The normalized spacial score (nSPS) is 12.4. The van der Waals surface area contributed by atoms with Gasteiger partial charge in [-0.25, -0.2) is 0 Å². The minimum Gasteiger partial charge on any atom is -0.350 e. The predicted octanol–water partition coefficient (Wildman–Crippen LogP) is 1.35. The number of H-pyrrole nitrogens is 1. The maximum Gasteiger partial charge on any atom is 0.273 e. The Hall–Kier alpha value is -0.910. The van der Waals surface area contributed by atoms with E-state index in [0.717, 1.165) is 18.2 Å². The summed E-state index contributed by atoms with van der Waals surface area (Å²) in [6, 6.07) is 0. The number of nitrogens with zero attached hydrogens (tertiary/aromatic N) is 2. The van der Waals surface area contributed by atoms with Crippen molar-refractivity contribution >= 4 is 21.8 Å². The Balaban J connectivity index is 2.33. The summed E-state index contributed by atoms with van der Waals surface area (Å²) in [5.41, 5.74) is 0.337. The van der Waals surface area contributed by atoms with Gasteiger partial charge in [0, 0.05) is 11.9 Å². The van der Waals surface area contributed by atoms with Crippen molar-refractivity contribution in [3.05, 3.63) is 11.9 Å². The van der Waals surface area contributed by atoms with E-state index in [1.54, 1.807) is 0 Å². The van der Waals surface area contributed by atoms with E-state index in [0.29, 0.717) is 18.2 Å². The Kier molecular flexibility index (Phi) is 5.31. The first-order valence-corrected chi connectivity index (χ1v) is 6.10. The zero-order chi connectivity index (χ0) is 11.1. The van der Waals surface area contributed by atoms with Gasteiger partial charge in [0.1, 0.15) is 0 Å². The van der Waals surface area contributed by atoms with Crippen LogP contribution in [0.5, 0.6) is 0 Å². The first kappa shape index (κ1) is 12.2. The molecule has 0 aliphatic heterocycles. The highest BCUT2D eigenvalue weighted by molar-refractivity contribution is 9.09. The molecule has 5 nitrogen and oxygen atoms in total. The molecule has 1 unspecified atom stereocenters. The van der Waals surface area contributed by atoms with Crippen LogP contribution in [-0.2, 0) is 0 Å². The number of nitrogens with one attached hydrogen (secondary N) is 2. The monoisotopic (exact) mass is 274 g/mol. The van der Waals surface area contributed by atoms with Gasteiger partial charge in [-0.1, -0.05) is 29.3 Å². The van der Waals surface area contributed by atoms with Crippen molar-refractivity contribution in [1.82, 2.24) is 20.7 Å². The summed E-state index contributed by atoms with van der Waals surface area (Å²) in [6.07, 6.45) is 3.54. The number of amides is 1. The van der Waals surface area contributed by atoms with Crippen LogP contribution in [-0.4, -0.2) is 33.2 Å². The fourth-order valence-electron chi connectivity index (χ4n) is 1.24. The number of hydrogen-bond acceptors (Lipinski definition) is 3. The average molecular weight is 275 g/mol. The van der Waals surface area contributed by atoms with Gasteiger partial charge >= 0.3 is 0 Å². The molecule has 0 aliphatic rings. The number of halogens is 1. The second kappa shape index (κ2) is 6.55. The van der Waals surface area contributed by atoms with Crippen molar-refractivity contribution < 1.29 is 4.79 Å². The van der Waals surface area contributed by atoms with Gasteiger partial charge in [0.25, 0.3) is 5.91 Å². The molecule has 1 aromatic rings. The first-order chi connectivity index (χ1) is 7.27. The van der Waals surface area contributed by atoms with Crippen LogP contribution in [0.1, 0.15) is 30.3 Å². The van der Waals surface area contributed by atoms with Crippen molar-refractivity contribution in [3.63, 3.8) is 0 Å². The highest BCUT2D eigenvalue weighted by Crippen LogP contribution is 2.08. The molecule has 0 bridgehead atoms.